The van der Waals surface area contributed by atoms with E-state index in [1.54, 1.807) is 14.0 Å². The average molecular weight is 264 g/mol. The maximum absolute atomic E-state index is 8.86. The highest BCUT2D eigenvalue weighted by Crippen LogP contribution is 2.13. The molecule has 0 rings (SSSR count). The summed E-state index contributed by atoms with van der Waals surface area (Å²) in [6.45, 7) is 7.27. The second kappa shape index (κ2) is 9.66. The molecule has 2 unspecified atom stereocenters. The Kier molecular flexibility index (Phi) is 9.53. The Morgan fingerprint density at radius 1 is 1.33 bits per heavy atom. The Bertz CT molecular complexity index is 201. The van der Waals surface area contributed by atoms with Crippen LogP contribution < -0.4 is 11.2 Å². The van der Waals surface area contributed by atoms with E-state index in [0.717, 1.165) is 0 Å². The van der Waals surface area contributed by atoms with Crippen LogP contribution in [0.15, 0.2) is 0 Å². The second-order valence-corrected chi connectivity index (χ2v) is 4.80. The Morgan fingerprint density at radius 3 is 2.50 bits per heavy atom. The molecular weight excluding hydrogens is 236 g/mol. The molecule has 0 aromatic carbocycles. The van der Waals surface area contributed by atoms with Crippen molar-refractivity contribution in [2.75, 3.05) is 33.5 Å². The van der Waals surface area contributed by atoms with Crippen molar-refractivity contribution in [3.8, 4) is 0 Å². The number of hydrogen-bond donors (Lipinski definition) is 3. The van der Waals surface area contributed by atoms with Crippen LogP contribution in [0.2, 0.25) is 0 Å². The van der Waals surface area contributed by atoms with Crippen LogP contribution in [0.25, 0.3) is 0 Å². The van der Waals surface area contributed by atoms with Crippen LogP contribution in [0.5, 0.6) is 0 Å². The first-order valence-electron chi connectivity index (χ1n) is 6.36. The fraction of sp³-hybridized carbons (Fsp3) is 1.00. The van der Waals surface area contributed by atoms with E-state index in [-0.39, 0.29) is 12.7 Å². The molecule has 2 atom stereocenters. The first-order chi connectivity index (χ1) is 8.43. The van der Waals surface area contributed by atoms with Crippen molar-refractivity contribution in [1.29, 1.82) is 0 Å². The summed E-state index contributed by atoms with van der Waals surface area (Å²) in [5.74, 6) is 0.324. The molecule has 6 heteroatoms. The maximum Gasteiger partial charge on any atom is 0.116 e. The quantitative estimate of drug-likeness (QED) is 0.282. The molecule has 18 heavy (non-hydrogen) atoms. The minimum Gasteiger partial charge on any atom is -0.396 e. The number of aliphatic hydroxyl groups excluding tert-OH is 1. The first kappa shape index (κ1) is 17.8. The fourth-order valence-corrected chi connectivity index (χ4v) is 1.34. The number of aliphatic hydroxyl groups is 1. The third-order valence-electron chi connectivity index (χ3n) is 2.59. The molecule has 0 radical (unpaired) electrons. The number of ether oxygens (including phenoxy) is 2. The van der Waals surface area contributed by atoms with Gasteiger partial charge in [0, 0.05) is 20.1 Å². The zero-order valence-electron chi connectivity index (χ0n) is 11.9. The van der Waals surface area contributed by atoms with Gasteiger partial charge >= 0.3 is 0 Å². The molecule has 0 heterocycles. The fourth-order valence-electron chi connectivity index (χ4n) is 1.34. The van der Waals surface area contributed by atoms with Crippen LogP contribution in [0.3, 0.4) is 0 Å². The van der Waals surface area contributed by atoms with Crippen LogP contribution in [0, 0.1) is 5.92 Å². The van der Waals surface area contributed by atoms with Crippen molar-refractivity contribution < 1.29 is 19.4 Å². The molecule has 0 spiro atoms. The molecule has 0 aliphatic rings. The van der Waals surface area contributed by atoms with Crippen molar-refractivity contribution in [3.63, 3.8) is 0 Å². The topological polar surface area (TPSA) is 86.0 Å². The summed E-state index contributed by atoms with van der Waals surface area (Å²) in [6.07, 6.45) is 0.368. The molecule has 110 valence electrons. The molecule has 0 amide bonds. The van der Waals surface area contributed by atoms with E-state index >= 15 is 0 Å². The summed E-state index contributed by atoms with van der Waals surface area (Å²) in [4.78, 5) is 4.97. The largest absolute Gasteiger partial charge is 0.396 e. The van der Waals surface area contributed by atoms with Gasteiger partial charge in [0.2, 0.25) is 0 Å². The van der Waals surface area contributed by atoms with Crippen molar-refractivity contribution >= 4 is 0 Å². The van der Waals surface area contributed by atoms with Gasteiger partial charge in [0.05, 0.1) is 25.9 Å². The predicted molar refractivity (Wildman–Crippen MR) is 69.8 cm³/mol. The average Bonchev–Trinajstić information content (AvgIpc) is 2.27. The van der Waals surface area contributed by atoms with Gasteiger partial charge in [-0.2, -0.15) is 0 Å². The van der Waals surface area contributed by atoms with Crippen molar-refractivity contribution in [3.05, 3.63) is 0 Å². The SMILES string of the molecule is CNOCCOC(COC(C)(N)CCO)C(C)C. The molecule has 6 nitrogen and oxygen atoms in total. The Balaban J connectivity index is 3.96. The van der Waals surface area contributed by atoms with Crippen molar-refractivity contribution in [2.24, 2.45) is 11.7 Å². The zero-order chi connectivity index (χ0) is 14.0. The molecular formula is C12H28N2O4. The van der Waals surface area contributed by atoms with Crippen LogP contribution in [0.4, 0.5) is 0 Å². The number of nitrogens with two attached hydrogens (primary N) is 1. The summed E-state index contributed by atoms with van der Waals surface area (Å²) in [7, 11) is 1.71. The number of hydroxylamine groups is 1. The lowest BCUT2D eigenvalue weighted by molar-refractivity contribution is -0.114. The zero-order valence-corrected chi connectivity index (χ0v) is 11.9. The molecule has 4 N–H and O–H groups in total. The predicted octanol–water partition coefficient (Wildman–Crippen LogP) is 0.253. The van der Waals surface area contributed by atoms with Gasteiger partial charge in [-0.1, -0.05) is 13.8 Å². The number of rotatable bonds is 11. The van der Waals surface area contributed by atoms with Gasteiger partial charge in [0.25, 0.3) is 0 Å². The number of hydrogen-bond acceptors (Lipinski definition) is 6. The summed E-state index contributed by atoms with van der Waals surface area (Å²) in [6, 6.07) is 0. The smallest absolute Gasteiger partial charge is 0.116 e. The Labute approximate surface area is 110 Å². The lowest BCUT2D eigenvalue weighted by atomic mass is 10.1. The van der Waals surface area contributed by atoms with E-state index in [1.165, 1.54) is 0 Å². The van der Waals surface area contributed by atoms with Crippen LogP contribution in [-0.4, -0.2) is 50.4 Å². The van der Waals surface area contributed by atoms with Gasteiger partial charge in [-0.3, -0.25) is 4.84 Å². The first-order valence-corrected chi connectivity index (χ1v) is 6.36. The second-order valence-electron chi connectivity index (χ2n) is 4.80. The lowest BCUT2D eigenvalue weighted by Gasteiger charge is -2.29. The van der Waals surface area contributed by atoms with Gasteiger partial charge in [-0.05, 0) is 12.8 Å². The molecule has 0 saturated carbocycles. The Morgan fingerprint density at radius 2 is 2.00 bits per heavy atom. The molecule has 0 fully saturated rings. The van der Waals surface area contributed by atoms with Gasteiger partial charge in [0.15, 0.2) is 0 Å². The van der Waals surface area contributed by atoms with Gasteiger partial charge in [0.1, 0.15) is 5.72 Å². The van der Waals surface area contributed by atoms with Gasteiger partial charge < -0.3 is 20.3 Å². The minimum absolute atomic E-state index is 0.0101. The molecule has 0 saturated heterocycles. The lowest BCUT2D eigenvalue weighted by Crippen LogP contribution is -2.43. The highest BCUT2D eigenvalue weighted by molar-refractivity contribution is 4.69. The summed E-state index contributed by atoms with van der Waals surface area (Å²) in [5.41, 5.74) is 7.65. The van der Waals surface area contributed by atoms with Gasteiger partial charge in [-0.25, -0.2) is 5.48 Å². The maximum atomic E-state index is 8.86. The Hall–Kier alpha value is -0.240. The van der Waals surface area contributed by atoms with Crippen LogP contribution in [0.1, 0.15) is 27.2 Å². The summed E-state index contributed by atoms with van der Waals surface area (Å²) in [5, 5.41) is 8.86. The van der Waals surface area contributed by atoms with Crippen LogP contribution in [-0.2, 0) is 14.3 Å². The van der Waals surface area contributed by atoms with E-state index in [0.29, 0.717) is 32.2 Å². The van der Waals surface area contributed by atoms with Crippen molar-refractivity contribution in [2.45, 2.75) is 39.0 Å². The third-order valence-corrected chi connectivity index (χ3v) is 2.59. The monoisotopic (exact) mass is 264 g/mol. The standard InChI is InChI=1S/C12H28N2O4/c1-10(2)11(16-7-8-18-14-4)9-17-12(3,13)5-6-15/h10-11,14-15H,5-9,13H2,1-4H3. The molecule has 0 aromatic heterocycles. The van der Waals surface area contributed by atoms with Crippen molar-refractivity contribution in [1.82, 2.24) is 5.48 Å². The van der Waals surface area contributed by atoms with Crippen LogP contribution >= 0.6 is 0 Å². The normalized spacial score (nSPS) is 16.8. The molecule has 0 aliphatic carbocycles. The van der Waals surface area contributed by atoms with E-state index in [1.807, 2.05) is 0 Å². The molecule has 0 aliphatic heterocycles. The minimum atomic E-state index is -0.813. The van der Waals surface area contributed by atoms with Gasteiger partial charge in [-0.15, -0.1) is 0 Å². The third kappa shape index (κ3) is 8.79. The van der Waals surface area contributed by atoms with E-state index < -0.39 is 5.72 Å². The summed E-state index contributed by atoms with van der Waals surface area (Å²) < 4.78 is 11.3. The highest BCUT2D eigenvalue weighted by Gasteiger charge is 2.22. The molecule has 0 aromatic rings. The summed E-state index contributed by atoms with van der Waals surface area (Å²) >= 11 is 0. The highest BCUT2D eigenvalue weighted by atomic mass is 16.7. The molecule has 0 bridgehead atoms. The van der Waals surface area contributed by atoms with E-state index in [2.05, 4.69) is 19.3 Å². The number of nitrogens with one attached hydrogen (secondary N) is 1. The van der Waals surface area contributed by atoms with E-state index in [4.69, 9.17) is 25.2 Å². The van der Waals surface area contributed by atoms with E-state index in [9.17, 15) is 0 Å².